The normalized spacial score (nSPS) is 17.3. The van der Waals surface area contributed by atoms with E-state index in [1.54, 1.807) is 53.7 Å². The summed E-state index contributed by atoms with van der Waals surface area (Å²) < 4.78 is 46.3. The maximum Gasteiger partial charge on any atom is 0.227 e. The summed E-state index contributed by atoms with van der Waals surface area (Å²) in [5.74, 6) is -0.0655. The fourth-order valence-electron chi connectivity index (χ4n) is 4.83. The Hall–Kier alpha value is -4.04. The van der Waals surface area contributed by atoms with Gasteiger partial charge >= 0.3 is 0 Å². The summed E-state index contributed by atoms with van der Waals surface area (Å²) in [6.45, 7) is 0.675. The first-order valence-corrected chi connectivity index (χ1v) is 13.8. The van der Waals surface area contributed by atoms with Crippen molar-refractivity contribution in [1.29, 1.82) is 0 Å². The topological polar surface area (TPSA) is 76.6 Å². The highest BCUT2D eigenvalue weighted by Crippen LogP contribution is 2.44. The molecular weight excluding hydrogens is 503 g/mol. The Balaban J connectivity index is 1.44. The van der Waals surface area contributed by atoms with Crippen LogP contribution >= 0.6 is 0 Å². The van der Waals surface area contributed by atoms with Crippen molar-refractivity contribution in [2.45, 2.75) is 29.1 Å². The van der Waals surface area contributed by atoms with E-state index < -0.39 is 20.4 Å². The zero-order valence-corrected chi connectivity index (χ0v) is 21.5. The van der Waals surface area contributed by atoms with Crippen LogP contribution in [0.4, 0.5) is 4.39 Å². The number of rotatable bonds is 8. The Bertz CT molecular complexity index is 1500. The van der Waals surface area contributed by atoms with Crippen molar-refractivity contribution >= 4 is 15.7 Å². The number of likely N-dealkylation sites (tertiary alicyclic amines) is 1. The van der Waals surface area contributed by atoms with Gasteiger partial charge in [0.15, 0.2) is 9.84 Å². The SMILES string of the molecule is O=C(Cc1ccncc1)N1CCC(c2ccc(OCc3ccccc3)cc2)(S(=O)(=O)c2ccc(F)cc2)C1. The van der Waals surface area contributed by atoms with E-state index in [-0.39, 0.29) is 36.7 Å². The first-order chi connectivity index (χ1) is 18.4. The Labute approximate surface area is 221 Å². The predicted octanol–water partition coefficient (Wildman–Crippen LogP) is 4.94. The zero-order valence-electron chi connectivity index (χ0n) is 20.7. The number of halogens is 1. The standard InChI is InChI=1S/C30H27FN2O4S/c31-26-8-12-28(13-9-26)38(35,36)30(16-19-33(22-30)29(34)20-23-14-17-32-18-15-23)25-6-10-27(11-7-25)37-21-24-4-2-1-3-5-24/h1-15,17-18H,16,19-22H2. The molecule has 1 saturated heterocycles. The smallest absolute Gasteiger partial charge is 0.227 e. The van der Waals surface area contributed by atoms with Crippen molar-refractivity contribution in [3.8, 4) is 5.75 Å². The van der Waals surface area contributed by atoms with Gasteiger partial charge in [0.1, 0.15) is 22.9 Å². The Morgan fingerprint density at radius 1 is 0.895 bits per heavy atom. The van der Waals surface area contributed by atoms with Crippen LogP contribution in [0.15, 0.2) is 108 Å². The monoisotopic (exact) mass is 530 g/mol. The minimum absolute atomic E-state index is 0.000839. The Morgan fingerprint density at radius 2 is 1.58 bits per heavy atom. The highest BCUT2D eigenvalue weighted by Gasteiger charge is 2.52. The third-order valence-electron chi connectivity index (χ3n) is 6.96. The molecule has 2 heterocycles. The summed E-state index contributed by atoms with van der Waals surface area (Å²) in [7, 11) is -3.99. The summed E-state index contributed by atoms with van der Waals surface area (Å²) in [4.78, 5) is 18.8. The molecule has 5 rings (SSSR count). The molecule has 4 aromatic rings. The molecule has 0 bridgehead atoms. The van der Waals surface area contributed by atoms with Crippen LogP contribution in [-0.4, -0.2) is 37.3 Å². The van der Waals surface area contributed by atoms with Crippen LogP contribution < -0.4 is 4.74 Å². The molecule has 1 aromatic heterocycles. The second-order valence-electron chi connectivity index (χ2n) is 9.35. The van der Waals surface area contributed by atoms with Gasteiger partial charge in [0, 0.05) is 25.5 Å². The van der Waals surface area contributed by atoms with Gasteiger partial charge in [0.05, 0.1) is 11.3 Å². The third-order valence-corrected chi connectivity index (χ3v) is 9.45. The number of pyridine rings is 1. The van der Waals surface area contributed by atoms with E-state index in [1.165, 1.54) is 12.1 Å². The van der Waals surface area contributed by atoms with Gasteiger partial charge in [-0.2, -0.15) is 0 Å². The fraction of sp³-hybridized carbons (Fsp3) is 0.200. The molecule has 194 valence electrons. The van der Waals surface area contributed by atoms with E-state index in [9.17, 15) is 17.6 Å². The van der Waals surface area contributed by atoms with Gasteiger partial charge < -0.3 is 9.64 Å². The lowest BCUT2D eigenvalue weighted by atomic mass is 9.97. The molecule has 0 spiro atoms. The fourth-order valence-corrected chi connectivity index (χ4v) is 6.90. The molecule has 1 amide bonds. The van der Waals surface area contributed by atoms with E-state index >= 15 is 0 Å². The van der Waals surface area contributed by atoms with Crippen LogP contribution in [0.25, 0.3) is 0 Å². The number of amides is 1. The number of nitrogens with zero attached hydrogens (tertiary/aromatic N) is 2. The summed E-state index contributed by atoms with van der Waals surface area (Å²) in [5.41, 5.74) is 2.39. The number of carbonyl (C=O) groups excluding carboxylic acids is 1. The van der Waals surface area contributed by atoms with Gasteiger partial charge in [-0.3, -0.25) is 9.78 Å². The molecule has 1 unspecified atom stereocenters. The molecule has 3 aromatic carbocycles. The lowest BCUT2D eigenvalue weighted by Gasteiger charge is -2.30. The zero-order chi connectivity index (χ0) is 26.6. The lowest BCUT2D eigenvalue weighted by Crippen LogP contribution is -2.41. The lowest BCUT2D eigenvalue weighted by molar-refractivity contribution is -0.129. The molecule has 0 aliphatic carbocycles. The number of benzene rings is 3. The van der Waals surface area contributed by atoms with Crippen LogP contribution in [0, 0.1) is 5.82 Å². The number of carbonyl (C=O) groups is 1. The second kappa shape index (κ2) is 10.8. The van der Waals surface area contributed by atoms with Gasteiger partial charge in [0.2, 0.25) is 5.91 Å². The van der Waals surface area contributed by atoms with E-state index in [2.05, 4.69) is 4.98 Å². The minimum atomic E-state index is -3.99. The van der Waals surface area contributed by atoms with Gasteiger partial charge in [-0.05, 0) is 71.6 Å². The number of aromatic nitrogens is 1. The van der Waals surface area contributed by atoms with Crippen molar-refractivity contribution in [3.05, 3.63) is 126 Å². The molecule has 1 fully saturated rings. The van der Waals surface area contributed by atoms with Crippen molar-refractivity contribution in [3.63, 3.8) is 0 Å². The van der Waals surface area contributed by atoms with Crippen LogP contribution in [0.5, 0.6) is 5.75 Å². The number of ether oxygens (including phenoxy) is 1. The molecule has 1 aliphatic heterocycles. The molecule has 1 aliphatic rings. The molecule has 0 radical (unpaired) electrons. The number of hydrogen-bond donors (Lipinski definition) is 0. The van der Waals surface area contributed by atoms with Crippen molar-refractivity contribution in [2.75, 3.05) is 13.1 Å². The van der Waals surface area contributed by atoms with Gasteiger partial charge in [-0.15, -0.1) is 0 Å². The summed E-state index contributed by atoms with van der Waals surface area (Å²) >= 11 is 0. The van der Waals surface area contributed by atoms with Crippen LogP contribution in [0.3, 0.4) is 0 Å². The summed E-state index contributed by atoms with van der Waals surface area (Å²) in [6.07, 6.45) is 3.62. The largest absolute Gasteiger partial charge is 0.489 e. The average Bonchev–Trinajstić information content (AvgIpc) is 3.41. The molecule has 8 heteroatoms. The highest BCUT2D eigenvalue weighted by molar-refractivity contribution is 7.92. The maximum absolute atomic E-state index is 14.1. The van der Waals surface area contributed by atoms with Crippen LogP contribution in [0.2, 0.25) is 0 Å². The molecule has 38 heavy (non-hydrogen) atoms. The summed E-state index contributed by atoms with van der Waals surface area (Å²) in [6, 6.07) is 25.1. The van der Waals surface area contributed by atoms with E-state index in [1.807, 2.05) is 30.3 Å². The van der Waals surface area contributed by atoms with Gasteiger partial charge in [0.25, 0.3) is 0 Å². The number of hydrogen-bond acceptors (Lipinski definition) is 5. The molecule has 6 nitrogen and oxygen atoms in total. The quantitative estimate of drug-likeness (QED) is 0.302. The molecular formula is C30H27FN2O4S. The Kier molecular flexibility index (Phi) is 7.24. The summed E-state index contributed by atoms with van der Waals surface area (Å²) in [5, 5.41) is 0. The molecule has 0 N–H and O–H groups in total. The first-order valence-electron chi connectivity index (χ1n) is 12.3. The molecule has 0 saturated carbocycles. The Morgan fingerprint density at radius 3 is 2.26 bits per heavy atom. The second-order valence-corrected chi connectivity index (χ2v) is 11.6. The average molecular weight is 531 g/mol. The van der Waals surface area contributed by atoms with Crippen molar-refractivity contribution in [2.24, 2.45) is 0 Å². The third kappa shape index (κ3) is 5.17. The van der Waals surface area contributed by atoms with Crippen molar-refractivity contribution in [1.82, 2.24) is 9.88 Å². The van der Waals surface area contributed by atoms with Crippen LogP contribution in [0.1, 0.15) is 23.1 Å². The van der Waals surface area contributed by atoms with E-state index in [0.717, 1.165) is 23.3 Å². The maximum atomic E-state index is 14.1. The van der Waals surface area contributed by atoms with Gasteiger partial charge in [-0.25, -0.2) is 12.8 Å². The molecule has 1 atom stereocenters. The van der Waals surface area contributed by atoms with Crippen LogP contribution in [-0.2, 0) is 32.4 Å². The highest BCUT2D eigenvalue weighted by atomic mass is 32.2. The minimum Gasteiger partial charge on any atom is -0.489 e. The first kappa shape index (κ1) is 25.6. The van der Waals surface area contributed by atoms with E-state index in [4.69, 9.17) is 4.74 Å². The van der Waals surface area contributed by atoms with Crippen molar-refractivity contribution < 1.29 is 22.3 Å². The van der Waals surface area contributed by atoms with Gasteiger partial charge in [-0.1, -0.05) is 42.5 Å². The van der Waals surface area contributed by atoms with E-state index in [0.29, 0.717) is 17.9 Å². The number of sulfone groups is 1. The predicted molar refractivity (Wildman–Crippen MR) is 142 cm³/mol.